The summed E-state index contributed by atoms with van der Waals surface area (Å²) in [5, 5.41) is 0. The van der Waals surface area contributed by atoms with E-state index in [0.717, 1.165) is 31.7 Å². The molecule has 1 fully saturated rings. The van der Waals surface area contributed by atoms with Gasteiger partial charge in [0, 0.05) is 13.1 Å². The molecule has 4 heteroatoms. The van der Waals surface area contributed by atoms with Gasteiger partial charge in [-0.25, -0.2) is 4.79 Å². The number of carbonyl (C=O) groups excluding carboxylic acids is 1. The number of ether oxygens (including phenoxy) is 1. The molecule has 0 unspecified atom stereocenters. The summed E-state index contributed by atoms with van der Waals surface area (Å²) < 4.78 is 5.30. The highest BCUT2D eigenvalue weighted by Gasteiger charge is 2.24. The molecule has 0 atom stereocenters. The highest BCUT2D eigenvalue weighted by atomic mass is 16.6. The second kappa shape index (κ2) is 4.24. The number of likely N-dealkylation sites (tertiary alicyclic amines) is 1. The van der Waals surface area contributed by atoms with Crippen molar-refractivity contribution in [2.75, 3.05) is 13.1 Å². The van der Waals surface area contributed by atoms with Gasteiger partial charge in [0.05, 0.1) is 0 Å². The first-order valence-electron chi connectivity index (χ1n) is 5.36. The smallest absolute Gasteiger partial charge is 0.410 e. The first kappa shape index (κ1) is 11.4. The molecule has 0 radical (unpaired) electrons. The molecule has 0 bridgehead atoms. The highest BCUT2D eigenvalue weighted by Crippen LogP contribution is 2.20. The summed E-state index contributed by atoms with van der Waals surface area (Å²) in [6.45, 7) is 7.39. The lowest BCUT2D eigenvalue weighted by atomic mass is 9.80. The maximum atomic E-state index is 11.6. The molecule has 0 aliphatic carbocycles. The van der Waals surface area contributed by atoms with Crippen molar-refractivity contribution in [1.29, 1.82) is 0 Å². The molecule has 1 heterocycles. The number of amides is 1. The molecule has 0 aromatic carbocycles. The van der Waals surface area contributed by atoms with Crippen molar-refractivity contribution in [2.45, 2.75) is 45.0 Å². The highest BCUT2D eigenvalue weighted by molar-refractivity contribution is 6.11. The zero-order chi connectivity index (χ0) is 10.8. The summed E-state index contributed by atoms with van der Waals surface area (Å²) in [4.78, 5) is 13.4. The third kappa shape index (κ3) is 3.60. The minimum absolute atomic E-state index is 0.163. The van der Waals surface area contributed by atoms with Crippen molar-refractivity contribution in [2.24, 2.45) is 0 Å². The number of rotatable bonds is 0. The standard InChI is InChI=1S/C10H20BNO2/c1-10(2,3)14-9(13)12-6-4-8(11)5-7-12/h8H,4-7,11H2,1-3H3. The third-order valence-electron chi connectivity index (χ3n) is 2.44. The van der Waals surface area contributed by atoms with E-state index in [9.17, 15) is 4.79 Å². The van der Waals surface area contributed by atoms with E-state index < -0.39 is 0 Å². The van der Waals surface area contributed by atoms with Crippen LogP contribution in [0.1, 0.15) is 33.6 Å². The van der Waals surface area contributed by atoms with Crippen LogP contribution in [0.4, 0.5) is 4.79 Å². The Morgan fingerprint density at radius 2 is 1.86 bits per heavy atom. The number of nitrogens with zero attached hydrogens (tertiary/aromatic N) is 1. The zero-order valence-electron chi connectivity index (χ0n) is 9.67. The topological polar surface area (TPSA) is 29.5 Å². The van der Waals surface area contributed by atoms with Crippen molar-refractivity contribution in [3.8, 4) is 0 Å². The van der Waals surface area contributed by atoms with E-state index >= 15 is 0 Å². The fourth-order valence-corrected chi connectivity index (χ4v) is 1.52. The molecule has 0 aromatic rings. The summed E-state index contributed by atoms with van der Waals surface area (Å²) in [5.41, 5.74) is -0.375. The van der Waals surface area contributed by atoms with Crippen molar-refractivity contribution >= 4 is 13.9 Å². The Morgan fingerprint density at radius 3 is 2.29 bits per heavy atom. The lowest BCUT2D eigenvalue weighted by molar-refractivity contribution is 0.0217. The summed E-state index contributed by atoms with van der Waals surface area (Å²) >= 11 is 0. The van der Waals surface area contributed by atoms with Gasteiger partial charge in [0.1, 0.15) is 13.4 Å². The fraction of sp³-hybridized carbons (Fsp3) is 0.900. The van der Waals surface area contributed by atoms with E-state index in [1.54, 1.807) is 0 Å². The maximum Gasteiger partial charge on any atom is 0.410 e. The maximum absolute atomic E-state index is 11.6. The van der Waals surface area contributed by atoms with Gasteiger partial charge in [-0.3, -0.25) is 0 Å². The second-order valence-electron chi connectivity index (χ2n) is 5.15. The van der Waals surface area contributed by atoms with E-state index in [0.29, 0.717) is 0 Å². The predicted octanol–water partition coefficient (Wildman–Crippen LogP) is 1.44. The molecule has 0 spiro atoms. The van der Waals surface area contributed by atoms with Crippen LogP contribution in [0.15, 0.2) is 0 Å². The lowest BCUT2D eigenvalue weighted by Gasteiger charge is -2.32. The van der Waals surface area contributed by atoms with Gasteiger partial charge in [0.15, 0.2) is 0 Å². The first-order chi connectivity index (χ1) is 6.38. The summed E-state index contributed by atoms with van der Waals surface area (Å²) in [7, 11) is 2.23. The first-order valence-corrected chi connectivity index (χ1v) is 5.36. The van der Waals surface area contributed by atoms with Crippen LogP contribution < -0.4 is 0 Å². The monoisotopic (exact) mass is 197 g/mol. The largest absolute Gasteiger partial charge is 0.444 e. The fourth-order valence-electron chi connectivity index (χ4n) is 1.52. The van der Waals surface area contributed by atoms with Crippen LogP contribution in [0.2, 0.25) is 5.82 Å². The van der Waals surface area contributed by atoms with Crippen molar-refractivity contribution in [3.05, 3.63) is 0 Å². The molecular weight excluding hydrogens is 177 g/mol. The van der Waals surface area contributed by atoms with Gasteiger partial charge in [-0.1, -0.05) is 5.82 Å². The minimum atomic E-state index is -0.375. The zero-order valence-corrected chi connectivity index (χ0v) is 9.67. The Labute approximate surface area is 87.2 Å². The molecule has 1 aliphatic heterocycles. The van der Waals surface area contributed by atoms with Crippen LogP contribution in [0.3, 0.4) is 0 Å². The van der Waals surface area contributed by atoms with Crippen LogP contribution in [-0.2, 0) is 4.74 Å². The van der Waals surface area contributed by atoms with Crippen LogP contribution in [0.5, 0.6) is 0 Å². The molecule has 1 saturated heterocycles. The molecule has 1 aliphatic rings. The SMILES string of the molecule is BC1CCN(C(=O)OC(C)(C)C)CC1. The van der Waals surface area contributed by atoms with E-state index in [4.69, 9.17) is 4.74 Å². The third-order valence-corrected chi connectivity index (χ3v) is 2.44. The van der Waals surface area contributed by atoms with Gasteiger partial charge in [-0.05, 0) is 33.6 Å². The van der Waals surface area contributed by atoms with E-state index in [-0.39, 0.29) is 11.7 Å². The van der Waals surface area contributed by atoms with Gasteiger partial charge in [0.2, 0.25) is 0 Å². The molecule has 3 nitrogen and oxygen atoms in total. The number of hydrogen-bond acceptors (Lipinski definition) is 2. The average Bonchev–Trinajstić information content (AvgIpc) is 2.02. The summed E-state index contributed by atoms with van der Waals surface area (Å²) in [6, 6.07) is 0. The molecule has 0 N–H and O–H groups in total. The average molecular weight is 197 g/mol. The lowest BCUT2D eigenvalue weighted by Crippen LogP contribution is -2.40. The normalized spacial score (nSPS) is 19.5. The summed E-state index contributed by atoms with van der Waals surface area (Å²) in [5.74, 6) is 0.744. The molecule has 0 aromatic heterocycles. The Hall–Kier alpha value is -0.665. The van der Waals surface area contributed by atoms with E-state index in [1.807, 2.05) is 25.7 Å². The van der Waals surface area contributed by atoms with Gasteiger partial charge < -0.3 is 9.64 Å². The number of hydrogen-bond donors (Lipinski definition) is 0. The number of carbonyl (C=O) groups is 1. The van der Waals surface area contributed by atoms with Crippen LogP contribution in [-0.4, -0.2) is 37.5 Å². The van der Waals surface area contributed by atoms with E-state index in [2.05, 4.69) is 7.85 Å². The van der Waals surface area contributed by atoms with Crippen LogP contribution in [0.25, 0.3) is 0 Å². The van der Waals surface area contributed by atoms with Crippen molar-refractivity contribution in [1.82, 2.24) is 4.90 Å². The van der Waals surface area contributed by atoms with Crippen molar-refractivity contribution < 1.29 is 9.53 Å². The van der Waals surface area contributed by atoms with Gasteiger partial charge >= 0.3 is 6.09 Å². The Morgan fingerprint density at radius 1 is 1.36 bits per heavy atom. The predicted molar refractivity (Wildman–Crippen MR) is 59.3 cm³/mol. The Bertz CT molecular complexity index is 205. The summed E-state index contributed by atoms with van der Waals surface area (Å²) in [6.07, 6.45) is 2.03. The molecule has 0 saturated carbocycles. The Kier molecular flexibility index (Phi) is 3.45. The van der Waals surface area contributed by atoms with Crippen LogP contribution >= 0.6 is 0 Å². The molecule has 1 amide bonds. The number of piperidine rings is 1. The van der Waals surface area contributed by atoms with Crippen molar-refractivity contribution in [3.63, 3.8) is 0 Å². The molecule has 80 valence electrons. The van der Waals surface area contributed by atoms with E-state index in [1.165, 1.54) is 0 Å². The second-order valence-corrected chi connectivity index (χ2v) is 5.15. The quantitative estimate of drug-likeness (QED) is 0.550. The Balaban J connectivity index is 2.38. The van der Waals surface area contributed by atoms with Gasteiger partial charge in [-0.15, -0.1) is 0 Å². The minimum Gasteiger partial charge on any atom is -0.444 e. The molecule has 1 rings (SSSR count). The van der Waals surface area contributed by atoms with Gasteiger partial charge in [0.25, 0.3) is 0 Å². The van der Waals surface area contributed by atoms with Gasteiger partial charge in [-0.2, -0.15) is 0 Å². The molecule has 14 heavy (non-hydrogen) atoms. The van der Waals surface area contributed by atoms with Crippen LogP contribution in [0, 0.1) is 0 Å². The molecular formula is C10H20BNO2.